The van der Waals surface area contributed by atoms with Crippen molar-refractivity contribution in [3.05, 3.63) is 53.0 Å². The van der Waals surface area contributed by atoms with Gasteiger partial charge in [-0.25, -0.2) is 10.1 Å². The van der Waals surface area contributed by atoms with Gasteiger partial charge in [-0.2, -0.15) is 9.78 Å². The number of anilines is 1. The number of carbonyl (C=O) groups excluding carboxylic acids is 1. The van der Waals surface area contributed by atoms with Gasteiger partial charge in [-0.15, -0.1) is 28.2 Å². The number of amides is 1. The van der Waals surface area contributed by atoms with Gasteiger partial charge < -0.3 is 5.73 Å². The van der Waals surface area contributed by atoms with Crippen molar-refractivity contribution in [3.8, 4) is 17.1 Å². The van der Waals surface area contributed by atoms with Crippen LogP contribution in [0.5, 0.6) is 0 Å². The predicted molar refractivity (Wildman–Crippen MR) is 110 cm³/mol. The van der Waals surface area contributed by atoms with E-state index in [1.54, 1.807) is 29.3 Å². The van der Waals surface area contributed by atoms with E-state index in [9.17, 15) is 4.79 Å². The summed E-state index contributed by atoms with van der Waals surface area (Å²) in [4.78, 5) is 12.8. The van der Waals surface area contributed by atoms with Gasteiger partial charge in [-0.1, -0.05) is 35.5 Å². The fraction of sp³-hybridized carbons (Fsp3) is 0.0588. The van der Waals surface area contributed by atoms with Gasteiger partial charge in [-0.3, -0.25) is 4.79 Å². The number of thiophene rings is 1. The zero-order valence-electron chi connectivity index (χ0n) is 15.0. The van der Waals surface area contributed by atoms with E-state index in [1.165, 1.54) is 4.68 Å². The van der Waals surface area contributed by atoms with E-state index < -0.39 is 5.91 Å². The normalized spacial score (nSPS) is 11.2. The van der Waals surface area contributed by atoms with Gasteiger partial charge in [0.05, 0.1) is 10.4 Å². The Labute approximate surface area is 172 Å². The van der Waals surface area contributed by atoms with Crippen molar-refractivity contribution in [2.75, 3.05) is 12.0 Å². The first kappa shape index (κ1) is 18.8. The Morgan fingerprint density at radius 1 is 1.31 bits per heavy atom. The fourth-order valence-electron chi connectivity index (χ4n) is 2.56. The topological polar surface area (TPSA) is 137 Å². The quantitative estimate of drug-likeness (QED) is 0.272. The first-order valence-corrected chi connectivity index (χ1v) is 10.3. The highest BCUT2D eigenvalue weighted by atomic mass is 32.2. The van der Waals surface area contributed by atoms with Gasteiger partial charge in [0.15, 0.2) is 5.69 Å². The molecule has 3 N–H and O–H groups in total. The molecule has 29 heavy (non-hydrogen) atoms. The number of nitrogens with one attached hydrogen (secondary N) is 1. The summed E-state index contributed by atoms with van der Waals surface area (Å²) in [5.41, 5.74) is 10.3. The number of rotatable bonds is 6. The number of hydrogen-bond donors (Lipinski definition) is 2. The first-order valence-electron chi connectivity index (χ1n) is 8.23. The second kappa shape index (κ2) is 8.24. The smallest absolute Gasteiger partial charge is 0.294 e. The van der Waals surface area contributed by atoms with Crippen LogP contribution >= 0.6 is 23.1 Å². The van der Waals surface area contributed by atoms with Crippen LogP contribution in [0.3, 0.4) is 0 Å². The second-order valence-corrected chi connectivity index (χ2v) is 7.60. The van der Waals surface area contributed by atoms with Gasteiger partial charge in [-0.05, 0) is 28.0 Å². The molecule has 12 heteroatoms. The molecule has 1 amide bonds. The molecule has 4 aromatic rings. The monoisotopic (exact) mass is 426 g/mol. The number of nitrogen functional groups attached to an aromatic ring is 1. The molecule has 0 atom stereocenters. The summed E-state index contributed by atoms with van der Waals surface area (Å²) in [6, 6.07) is 11.1. The van der Waals surface area contributed by atoms with Gasteiger partial charge in [0.1, 0.15) is 5.69 Å². The Balaban J connectivity index is 1.67. The molecule has 0 spiro atoms. The number of carbonyl (C=O) groups is 1. The minimum Gasteiger partial charge on any atom is -0.378 e. The lowest BCUT2D eigenvalue weighted by atomic mass is 10.1. The number of benzene rings is 1. The molecule has 4 rings (SSSR count). The van der Waals surface area contributed by atoms with E-state index in [0.29, 0.717) is 11.3 Å². The largest absolute Gasteiger partial charge is 0.378 e. The summed E-state index contributed by atoms with van der Waals surface area (Å²) < 4.78 is 7.06. The Kier molecular flexibility index (Phi) is 5.35. The number of hydrogen-bond acceptors (Lipinski definition) is 10. The van der Waals surface area contributed by atoms with Crippen molar-refractivity contribution in [2.45, 2.75) is 4.21 Å². The zero-order chi connectivity index (χ0) is 20.2. The number of hydrazone groups is 1. The van der Waals surface area contributed by atoms with Crippen LogP contribution in [-0.2, 0) is 0 Å². The number of thioether (sulfide) groups is 1. The molecule has 0 aliphatic carbocycles. The van der Waals surface area contributed by atoms with E-state index in [2.05, 4.69) is 35.8 Å². The van der Waals surface area contributed by atoms with Crippen molar-refractivity contribution in [1.82, 2.24) is 30.7 Å². The van der Waals surface area contributed by atoms with Crippen LogP contribution in [0.25, 0.3) is 17.1 Å². The van der Waals surface area contributed by atoms with Crippen LogP contribution in [0.4, 0.5) is 5.82 Å². The van der Waals surface area contributed by atoms with Gasteiger partial charge in [0, 0.05) is 11.1 Å². The highest BCUT2D eigenvalue weighted by Crippen LogP contribution is 2.27. The average molecular weight is 426 g/mol. The minimum absolute atomic E-state index is 0.0270. The third kappa shape index (κ3) is 3.75. The average Bonchev–Trinajstić information content (AvgIpc) is 3.47. The van der Waals surface area contributed by atoms with E-state index in [4.69, 9.17) is 5.73 Å². The molecule has 1 aromatic carbocycles. The molecule has 0 aliphatic rings. The summed E-state index contributed by atoms with van der Waals surface area (Å²) in [6.45, 7) is 0. The fourth-order valence-corrected chi connectivity index (χ4v) is 4.06. The number of nitrogens with two attached hydrogens (primary N) is 1. The second-order valence-electron chi connectivity index (χ2n) is 5.60. The molecule has 0 bridgehead atoms. The highest BCUT2D eigenvalue weighted by Gasteiger charge is 2.24. The van der Waals surface area contributed by atoms with Crippen molar-refractivity contribution in [3.63, 3.8) is 0 Å². The van der Waals surface area contributed by atoms with Gasteiger partial charge in [0.25, 0.3) is 5.91 Å². The van der Waals surface area contributed by atoms with Crippen LogP contribution in [0.2, 0.25) is 0 Å². The Morgan fingerprint density at radius 2 is 2.14 bits per heavy atom. The van der Waals surface area contributed by atoms with Crippen molar-refractivity contribution in [2.24, 2.45) is 5.10 Å². The van der Waals surface area contributed by atoms with E-state index in [0.717, 1.165) is 9.77 Å². The Hall–Kier alpha value is -3.51. The molecule has 3 heterocycles. The number of nitrogens with zero attached hydrogens (tertiary/aromatic N) is 6. The summed E-state index contributed by atoms with van der Waals surface area (Å²) in [7, 11) is 0. The minimum atomic E-state index is -0.526. The molecule has 0 fully saturated rings. The molecule has 10 nitrogen and oxygen atoms in total. The molecular weight excluding hydrogens is 412 g/mol. The summed E-state index contributed by atoms with van der Waals surface area (Å²) in [6.07, 6.45) is 3.57. The molecule has 146 valence electrons. The highest BCUT2D eigenvalue weighted by molar-refractivity contribution is 8.00. The maximum Gasteiger partial charge on any atom is 0.294 e. The lowest BCUT2D eigenvalue weighted by molar-refractivity contribution is 0.0950. The Morgan fingerprint density at radius 3 is 2.86 bits per heavy atom. The van der Waals surface area contributed by atoms with Gasteiger partial charge in [0.2, 0.25) is 11.6 Å². The van der Waals surface area contributed by atoms with Crippen LogP contribution in [0.15, 0.2) is 55.7 Å². The van der Waals surface area contributed by atoms with E-state index in [1.807, 2.05) is 48.0 Å². The van der Waals surface area contributed by atoms with Crippen LogP contribution in [0, 0.1) is 0 Å². The van der Waals surface area contributed by atoms with E-state index in [-0.39, 0.29) is 17.3 Å². The maximum atomic E-state index is 12.8. The van der Waals surface area contributed by atoms with Gasteiger partial charge >= 0.3 is 0 Å². The van der Waals surface area contributed by atoms with Crippen LogP contribution in [0.1, 0.15) is 16.1 Å². The lowest BCUT2D eigenvalue weighted by Crippen LogP contribution is -2.19. The molecule has 0 unspecified atom stereocenters. The summed E-state index contributed by atoms with van der Waals surface area (Å²) in [5, 5.41) is 21.3. The van der Waals surface area contributed by atoms with Crippen molar-refractivity contribution >= 4 is 41.0 Å². The van der Waals surface area contributed by atoms with Crippen molar-refractivity contribution < 1.29 is 9.42 Å². The third-order valence-electron chi connectivity index (χ3n) is 3.84. The zero-order valence-corrected chi connectivity index (χ0v) is 16.6. The molecule has 0 saturated heterocycles. The molecular formula is C17H14N8O2S2. The Bertz CT molecular complexity index is 1170. The van der Waals surface area contributed by atoms with Crippen LogP contribution in [-0.4, -0.2) is 43.7 Å². The molecule has 0 radical (unpaired) electrons. The summed E-state index contributed by atoms with van der Waals surface area (Å²) >= 11 is 3.22. The third-order valence-corrected chi connectivity index (χ3v) is 5.96. The molecule has 0 saturated carbocycles. The van der Waals surface area contributed by atoms with Crippen LogP contribution < -0.4 is 11.2 Å². The lowest BCUT2D eigenvalue weighted by Gasteiger charge is -2.05. The maximum absolute atomic E-state index is 12.8. The van der Waals surface area contributed by atoms with E-state index >= 15 is 0 Å². The number of aromatic nitrogens is 5. The molecule has 3 aromatic heterocycles. The first-order chi connectivity index (χ1) is 14.2. The SMILES string of the molecule is CSc1sccc1/C=N\NC(=O)c1nnn(-c2nonc2N)c1-c1ccccc1. The standard InChI is InChI=1S/C17H14N8O2S2/c1-28-17-11(7-8-29-17)9-19-21-16(26)12-13(10-5-3-2-4-6-10)25(24-20-12)15-14(18)22-27-23-15/h2-9H,1H3,(H2,18,22)(H,21,26)/b19-9-. The predicted octanol–water partition coefficient (Wildman–Crippen LogP) is 2.45. The van der Waals surface area contributed by atoms with Crippen molar-refractivity contribution in [1.29, 1.82) is 0 Å². The summed E-state index contributed by atoms with van der Waals surface area (Å²) in [5.74, 6) is -0.358. The molecule has 0 aliphatic heterocycles.